The van der Waals surface area contributed by atoms with Gasteiger partial charge in [-0.1, -0.05) is 0 Å². The van der Waals surface area contributed by atoms with Crippen LogP contribution < -0.4 is 5.32 Å². The third-order valence-electron chi connectivity index (χ3n) is 3.03. The molecule has 1 amide bonds. The number of nitrogens with zero attached hydrogens (tertiary/aromatic N) is 3. The first kappa shape index (κ1) is 14.4. The van der Waals surface area contributed by atoms with Crippen LogP contribution in [0.1, 0.15) is 6.42 Å². The molecule has 100 valence electrons. The van der Waals surface area contributed by atoms with Crippen LogP contribution in [-0.4, -0.2) is 87.6 Å². The smallest absolute Gasteiger partial charge is 0.236 e. The molecular weight excluding hydrogens is 216 g/mol. The lowest BCUT2D eigenvalue weighted by atomic mass is 10.3. The summed E-state index contributed by atoms with van der Waals surface area (Å²) in [5.41, 5.74) is 0. The molecule has 17 heavy (non-hydrogen) atoms. The van der Waals surface area contributed by atoms with E-state index in [0.29, 0.717) is 6.54 Å². The van der Waals surface area contributed by atoms with Gasteiger partial charge in [0.15, 0.2) is 0 Å². The van der Waals surface area contributed by atoms with Crippen LogP contribution in [0, 0.1) is 0 Å². The zero-order chi connectivity index (χ0) is 12.7. The van der Waals surface area contributed by atoms with Crippen LogP contribution >= 0.6 is 0 Å². The minimum atomic E-state index is 0.259. The SMILES string of the molecule is CN(C)CCN(C)CC(=O)N1CCCNCC1. The lowest BCUT2D eigenvalue weighted by Crippen LogP contribution is -2.42. The first-order valence-electron chi connectivity index (χ1n) is 6.41. The summed E-state index contributed by atoms with van der Waals surface area (Å²) in [6.07, 6.45) is 1.06. The Labute approximate surface area is 105 Å². The molecule has 1 N–H and O–H groups in total. The molecule has 0 spiro atoms. The average molecular weight is 242 g/mol. The monoisotopic (exact) mass is 242 g/mol. The lowest BCUT2D eigenvalue weighted by Gasteiger charge is -2.24. The Morgan fingerprint density at radius 2 is 1.94 bits per heavy atom. The van der Waals surface area contributed by atoms with Gasteiger partial charge in [-0.25, -0.2) is 0 Å². The first-order valence-corrected chi connectivity index (χ1v) is 6.41. The molecule has 1 aliphatic rings. The van der Waals surface area contributed by atoms with Crippen LogP contribution in [0.25, 0.3) is 0 Å². The summed E-state index contributed by atoms with van der Waals surface area (Å²) < 4.78 is 0. The predicted molar refractivity (Wildman–Crippen MR) is 70.1 cm³/mol. The highest BCUT2D eigenvalue weighted by Gasteiger charge is 2.16. The number of hydrogen-bond acceptors (Lipinski definition) is 4. The van der Waals surface area contributed by atoms with Gasteiger partial charge < -0.3 is 15.1 Å². The molecule has 0 atom stereocenters. The summed E-state index contributed by atoms with van der Waals surface area (Å²) in [5, 5.41) is 3.31. The molecule has 1 fully saturated rings. The van der Waals surface area contributed by atoms with Gasteiger partial charge in [0.25, 0.3) is 0 Å². The van der Waals surface area contributed by atoms with Crippen LogP contribution in [0.3, 0.4) is 0 Å². The lowest BCUT2D eigenvalue weighted by molar-refractivity contribution is -0.131. The fourth-order valence-electron chi connectivity index (χ4n) is 1.88. The maximum atomic E-state index is 12.0. The van der Waals surface area contributed by atoms with E-state index in [1.165, 1.54) is 0 Å². The van der Waals surface area contributed by atoms with Crippen LogP contribution in [-0.2, 0) is 4.79 Å². The topological polar surface area (TPSA) is 38.8 Å². The van der Waals surface area contributed by atoms with Crippen molar-refractivity contribution in [3.05, 3.63) is 0 Å². The Kier molecular flexibility index (Phi) is 6.47. The maximum Gasteiger partial charge on any atom is 0.236 e. The molecule has 0 aromatic carbocycles. The van der Waals surface area contributed by atoms with E-state index in [4.69, 9.17) is 0 Å². The van der Waals surface area contributed by atoms with E-state index in [2.05, 4.69) is 29.2 Å². The number of amides is 1. The fourth-order valence-corrected chi connectivity index (χ4v) is 1.88. The molecule has 1 aliphatic heterocycles. The van der Waals surface area contributed by atoms with Gasteiger partial charge in [0.05, 0.1) is 6.54 Å². The van der Waals surface area contributed by atoms with E-state index in [-0.39, 0.29) is 5.91 Å². The second kappa shape index (κ2) is 7.63. The van der Waals surface area contributed by atoms with Gasteiger partial charge in [-0.15, -0.1) is 0 Å². The number of nitrogens with one attached hydrogen (secondary N) is 1. The summed E-state index contributed by atoms with van der Waals surface area (Å²) >= 11 is 0. The van der Waals surface area contributed by atoms with Crippen LogP contribution in [0.5, 0.6) is 0 Å². The predicted octanol–water partition coefficient (Wildman–Crippen LogP) is -0.698. The Bertz CT molecular complexity index is 225. The van der Waals surface area contributed by atoms with Crippen molar-refractivity contribution in [1.29, 1.82) is 0 Å². The third kappa shape index (κ3) is 6.00. The van der Waals surface area contributed by atoms with Crippen molar-refractivity contribution in [3.63, 3.8) is 0 Å². The first-order chi connectivity index (χ1) is 8.09. The van der Waals surface area contributed by atoms with Gasteiger partial charge in [-0.2, -0.15) is 0 Å². The Hall–Kier alpha value is -0.650. The van der Waals surface area contributed by atoms with E-state index in [0.717, 1.165) is 45.7 Å². The standard InChI is InChI=1S/C12H26N4O/c1-14(2)9-10-15(3)11-12(17)16-7-4-5-13-6-8-16/h13H,4-11H2,1-3H3. The minimum Gasteiger partial charge on any atom is -0.340 e. The summed E-state index contributed by atoms with van der Waals surface area (Å²) in [5.74, 6) is 0.259. The largest absolute Gasteiger partial charge is 0.340 e. The van der Waals surface area contributed by atoms with Crippen LogP contribution in [0.4, 0.5) is 0 Å². The molecule has 5 heteroatoms. The van der Waals surface area contributed by atoms with Crippen molar-refractivity contribution in [3.8, 4) is 0 Å². The molecule has 1 saturated heterocycles. The number of carbonyl (C=O) groups is 1. The minimum absolute atomic E-state index is 0.259. The molecule has 0 radical (unpaired) electrons. The van der Waals surface area contributed by atoms with Crippen LogP contribution in [0.15, 0.2) is 0 Å². The summed E-state index contributed by atoms with van der Waals surface area (Å²) in [7, 11) is 6.11. The van der Waals surface area contributed by atoms with Gasteiger partial charge in [0.2, 0.25) is 5.91 Å². The third-order valence-corrected chi connectivity index (χ3v) is 3.03. The fraction of sp³-hybridized carbons (Fsp3) is 0.917. The average Bonchev–Trinajstić information content (AvgIpc) is 2.54. The van der Waals surface area contributed by atoms with Crippen molar-refractivity contribution < 1.29 is 4.79 Å². The van der Waals surface area contributed by atoms with Crippen molar-refractivity contribution in [2.75, 3.05) is 67.0 Å². The highest BCUT2D eigenvalue weighted by molar-refractivity contribution is 5.78. The Balaban J connectivity index is 2.26. The Morgan fingerprint density at radius 3 is 2.65 bits per heavy atom. The van der Waals surface area contributed by atoms with E-state index in [1.807, 2.05) is 11.9 Å². The second-order valence-corrected chi connectivity index (χ2v) is 5.03. The van der Waals surface area contributed by atoms with Gasteiger partial charge in [0, 0.05) is 32.7 Å². The molecule has 0 bridgehead atoms. The second-order valence-electron chi connectivity index (χ2n) is 5.03. The van der Waals surface area contributed by atoms with E-state index in [1.54, 1.807) is 0 Å². The zero-order valence-electron chi connectivity index (χ0n) is 11.4. The van der Waals surface area contributed by atoms with E-state index in [9.17, 15) is 4.79 Å². The van der Waals surface area contributed by atoms with Crippen molar-refractivity contribution in [2.45, 2.75) is 6.42 Å². The highest BCUT2D eigenvalue weighted by Crippen LogP contribution is 1.97. The van der Waals surface area contributed by atoms with E-state index < -0.39 is 0 Å². The summed E-state index contributed by atoms with van der Waals surface area (Å²) in [6, 6.07) is 0. The van der Waals surface area contributed by atoms with Gasteiger partial charge in [-0.3, -0.25) is 9.69 Å². The molecule has 1 rings (SSSR count). The van der Waals surface area contributed by atoms with Gasteiger partial charge in [0.1, 0.15) is 0 Å². The molecule has 0 aromatic rings. The quantitative estimate of drug-likeness (QED) is 0.692. The van der Waals surface area contributed by atoms with Gasteiger partial charge >= 0.3 is 0 Å². The van der Waals surface area contributed by atoms with Crippen molar-refractivity contribution >= 4 is 5.91 Å². The van der Waals surface area contributed by atoms with Crippen LogP contribution in [0.2, 0.25) is 0 Å². The number of likely N-dealkylation sites (N-methyl/N-ethyl adjacent to an activating group) is 2. The van der Waals surface area contributed by atoms with Crippen molar-refractivity contribution in [2.24, 2.45) is 0 Å². The Morgan fingerprint density at radius 1 is 1.18 bits per heavy atom. The number of hydrogen-bond donors (Lipinski definition) is 1. The van der Waals surface area contributed by atoms with E-state index >= 15 is 0 Å². The van der Waals surface area contributed by atoms with Gasteiger partial charge in [-0.05, 0) is 34.1 Å². The molecule has 0 saturated carbocycles. The zero-order valence-corrected chi connectivity index (χ0v) is 11.4. The molecule has 0 aliphatic carbocycles. The molecule has 0 unspecified atom stereocenters. The molecule has 1 heterocycles. The number of rotatable bonds is 5. The molecule has 0 aromatic heterocycles. The molecule has 5 nitrogen and oxygen atoms in total. The maximum absolute atomic E-state index is 12.0. The molecular formula is C12H26N4O. The van der Waals surface area contributed by atoms with Crippen molar-refractivity contribution in [1.82, 2.24) is 20.0 Å². The normalized spacial score (nSPS) is 17.6. The highest BCUT2D eigenvalue weighted by atomic mass is 16.2. The summed E-state index contributed by atoms with van der Waals surface area (Å²) in [4.78, 5) is 18.3. The summed E-state index contributed by atoms with van der Waals surface area (Å²) in [6.45, 7) is 6.16. The number of carbonyl (C=O) groups excluding carboxylic acids is 1.